The van der Waals surface area contributed by atoms with Gasteiger partial charge in [-0.05, 0) is 99.5 Å². The quantitative estimate of drug-likeness (QED) is 0.148. The number of nitrogens with zero attached hydrogens (tertiary/aromatic N) is 6. The molecule has 0 N–H and O–H groups in total. The maximum absolute atomic E-state index is 6.36. The molecule has 0 aliphatic rings. The molecule has 0 saturated carbocycles. The SMILES string of the molecule is Cc1cnc(Oc2cccc(Oc3ccc4c5ccc(Oc6cccc(Oc7ncc(C)cc7C)c6)cc5n(-c5ncncn5)c4c3)c2)c(C)c1. The molecule has 0 saturated heterocycles. The van der Waals surface area contributed by atoms with Crippen LogP contribution in [0.2, 0.25) is 0 Å². The van der Waals surface area contributed by atoms with E-state index in [4.69, 9.17) is 18.9 Å². The smallest absolute Gasteiger partial charge is 0.237 e. The van der Waals surface area contributed by atoms with Crippen molar-refractivity contribution in [1.29, 1.82) is 0 Å². The van der Waals surface area contributed by atoms with E-state index in [2.05, 4.69) is 24.9 Å². The first-order chi connectivity index (χ1) is 24.9. The van der Waals surface area contributed by atoms with Gasteiger partial charge in [0.2, 0.25) is 17.7 Å². The Morgan fingerprint density at radius 2 is 0.882 bits per heavy atom. The molecule has 0 fully saturated rings. The van der Waals surface area contributed by atoms with Crippen molar-refractivity contribution in [2.24, 2.45) is 0 Å². The Labute approximate surface area is 294 Å². The second-order valence-corrected chi connectivity index (χ2v) is 12.3. The van der Waals surface area contributed by atoms with Gasteiger partial charge in [0.15, 0.2) is 0 Å². The third-order valence-electron chi connectivity index (χ3n) is 8.24. The molecule has 10 heteroatoms. The normalized spacial score (nSPS) is 11.1. The van der Waals surface area contributed by atoms with E-state index in [0.29, 0.717) is 52.2 Å². The topological polar surface area (TPSA) is 106 Å². The maximum Gasteiger partial charge on any atom is 0.237 e. The summed E-state index contributed by atoms with van der Waals surface area (Å²) in [6.07, 6.45) is 6.54. The summed E-state index contributed by atoms with van der Waals surface area (Å²) in [6.45, 7) is 7.96. The standard InChI is InChI=1S/C41H32N6O4/c1-25-15-27(3)39(43-21-25)50-31-9-5-7-29(17-31)48-33-11-13-35-36-14-12-34(20-38(36)47(37(35)19-33)41-45-23-42-24-46-41)49-30-8-6-10-32(18-30)51-40-28(4)16-26(2)22-44-40/h5-24H,1-4H3. The minimum absolute atomic E-state index is 0.465. The van der Waals surface area contributed by atoms with E-state index in [1.807, 2.05) is 129 Å². The summed E-state index contributed by atoms with van der Waals surface area (Å²) in [5.41, 5.74) is 5.78. The average molecular weight is 673 g/mol. The molecule has 0 aliphatic heterocycles. The lowest BCUT2D eigenvalue weighted by atomic mass is 10.1. The van der Waals surface area contributed by atoms with E-state index < -0.39 is 0 Å². The number of fused-ring (bicyclic) bond motifs is 3. The van der Waals surface area contributed by atoms with E-state index >= 15 is 0 Å². The third kappa shape index (κ3) is 6.62. The summed E-state index contributed by atoms with van der Waals surface area (Å²) in [4.78, 5) is 21.9. The Morgan fingerprint density at radius 3 is 1.33 bits per heavy atom. The molecule has 4 aromatic heterocycles. The molecule has 0 spiro atoms. The predicted molar refractivity (Wildman–Crippen MR) is 195 cm³/mol. The zero-order valence-corrected chi connectivity index (χ0v) is 28.4. The van der Waals surface area contributed by atoms with Gasteiger partial charge in [-0.1, -0.05) is 12.1 Å². The molecule has 0 amide bonds. The first kappa shape index (κ1) is 31.5. The molecule has 4 heterocycles. The van der Waals surface area contributed by atoms with Crippen molar-refractivity contribution in [1.82, 2.24) is 29.5 Å². The van der Waals surface area contributed by atoms with Crippen LogP contribution in [-0.4, -0.2) is 29.5 Å². The first-order valence-corrected chi connectivity index (χ1v) is 16.3. The van der Waals surface area contributed by atoms with Crippen LogP contribution in [0, 0.1) is 27.7 Å². The number of pyridine rings is 2. The zero-order chi connectivity index (χ0) is 34.9. The van der Waals surface area contributed by atoms with E-state index in [-0.39, 0.29) is 0 Å². The van der Waals surface area contributed by atoms with Crippen LogP contribution in [0.4, 0.5) is 0 Å². The van der Waals surface area contributed by atoms with Gasteiger partial charge in [-0.25, -0.2) is 24.9 Å². The van der Waals surface area contributed by atoms with Crippen LogP contribution in [0.25, 0.3) is 27.8 Å². The molecule has 4 aromatic carbocycles. The van der Waals surface area contributed by atoms with Crippen LogP contribution in [0.3, 0.4) is 0 Å². The molecule has 0 aliphatic carbocycles. The summed E-state index contributed by atoms with van der Waals surface area (Å²) >= 11 is 0. The minimum Gasteiger partial charge on any atom is -0.457 e. The largest absolute Gasteiger partial charge is 0.457 e. The number of hydrogen-bond donors (Lipinski definition) is 0. The van der Waals surface area contributed by atoms with Gasteiger partial charge >= 0.3 is 0 Å². The van der Waals surface area contributed by atoms with Gasteiger partial charge in [-0.2, -0.15) is 0 Å². The molecule has 0 atom stereocenters. The van der Waals surface area contributed by atoms with E-state index in [9.17, 15) is 0 Å². The molecule has 51 heavy (non-hydrogen) atoms. The maximum atomic E-state index is 6.36. The number of hydrogen-bond acceptors (Lipinski definition) is 9. The van der Waals surface area contributed by atoms with Crippen molar-refractivity contribution in [3.63, 3.8) is 0 Å². The fraction of sp³-hybridized carbons (Fsp3) is 0.0976. The van der Waals surface area contributed by atoms with Gasteiger partial charge in [0.25, 0.3) is 0 Å². The van der Waals surface area contributed by atoms with Crippen LogP contribution < -0.4 is 18.9 Å². The Morgan fingerprint density at radius 1 is 0.451 bits per heavy atom. The van der Waals surface area contributed by atoms with E-state index in [1.165, 1.54) is 12.7 Å². The van der Waals surface area contributed by atoms with Crippen molar-refractivity contribution in [3.8, 4) is 52.2 Å². The molecule has 0 unspecified atom stereocenters. The number of benzene rings is 4. The van der Waals surface area contributed by atoms with Crippen molar-refractivity contribution >= 4 is 21.8 Å². The van der Waals surface area contributed by atoms with Gasteiger partial charge in [-0.3, -0.25) is 4.57 Å². The minimum atomic E-state index is 0.465. The number of aromatic nitrogens is 6. The third-order valence-corrected chi connectivity index (χ3v) is 8.24. The molecule has 250 valence electrons. The van der Waals surface area contributed by atoms with Gasteiger partial charge in [-0.15, -0.1) is 0 Å². The molecular weight excluding hydrogens is 640 g/mol. The van der Waals surface area contributed by atoms with Gasteiger partial charge in [0, 0.05) is 58.6 Å². The Kier molecular flexibility index (Phi) is 8.17. The Balaban J connectivity index is 1.11. The Bertz CT molecular complexity index is 2400. The molecule has 0 bridgehead atoms. The summed E-state index contributed by atoms with van der Waals surface area (Å²) in [7, 11) is 0. The van der Waals surface area contributed by atoms with Crippen LogP contribution in [-0.2, 0) is 0 Å². The lowest BCUT2D eigenvalue weighted by molar-refractivity contribution is 0.446. The summed E-state index contributed by atoms with van der Waals surface area (Å²) in [6, 6.07) is 31.0. The average Bonchev–Trinajstić information content (AvgIpc) is 3.44. The monoisotopic (exact) mass is 672 g/mol. The first-order valence-electron chi connectivity index (χ1n) is 16.3. The summed E-state index contributed by atoms with van der Waals surface area (Å²) < 4.78 is 26.9. The number of aryl methyl sites for hydroxylation is 4. The molecule has 8 rings (SSSR count). The van der Waals surface area contributed by atoms with Crippen molar-refractivity contribution in [3.05, 3.63) is 144 Å². The van der Waals surface area contributed by atoms with Crippen molar-refractivity contribution in [2.45, 2.75) is 27.7 Å². The number of rotatable bonds is 9. The van der Waals surface area contributed by atoms with E-state index in [1.54, 1.807) is 12.4 Å². The molecule has 8 aromatic rings. The van der Waals surface area contributed by atoms with Gasteiger partial charge in [0.1, 0.15) is 47.2 Å². The van der Waals surface area contributed by atoms with E-state index in [0.717, 1.165) is 44.1 Å². The van der Waals surface area contributed by atoms with Crippen LogP contribution in [0.5, 0.6) is 46.3 Å². The highest BCUT2D eigenvalue weighted by Gasteiger charge is 2.17. The Hall–Kier alpha value is -6.81. The van der Waals surface area contributed by atoms with Gasteiger partial charge < -0.3 is 18.9 Å². The lowest BCUT2D eigenvalue weighted by Crippen LogP contribution is -2.01. The van der Waals surface area contributed by atoms with Crippen LogP contribution >= 0.6 is 0 Å². The van der Waals surface area contributed by atoms with Gasteiger partial charge in [0.05, 0.1) is 11.0 Å². The van der Waals surface area contributed by atoms with Crippen molar-refractivity contribution in [2.75, 3.05) is 0 Å². The zero-order valence-electron chi connectivity index (χ0n) is 28.4. The number of ether oxygens (including phenoxy) is 4. The highest BCUT2D eigenvalue weighted by molar-refractivity contribution is 6.09. The fourth-order valence-corrected chi connectivity index (χ4v) is 5.99. The molecule has 0 radical (unpaired) electrons. The van der Waals surface area contributed by atoms with Crippen LogP contribution in [0.1, 0.15) is 22.3 Å². The molecule has 10 nitrogen and oxygen atoms in total. The lowest BCUT2D eigenvalue weighted by Gasteiger charge is -2.11. The van der Waals surface area contributed by atoms with Crippen molar-refractivity contribution < 1.29 is 18.9 Å². The second-order valence-electron chi connectivity index (χ2n) is 12.3. The molecular formula is C41H32N6O4. The predicted octanol–water partition coefficient (Wildman–Crippen LogP) is 10.2. The summed E-state index contributed by atoms with van der Waals surface area (Å²) in [5, 5.41) is 2.00. The highest BCUT2D eigenvalue weighted by Crippen LogP contribution is 2.38. The summed E-state index contributed by atoms with van der Waals surface area (Å²) in [5.74, 6) is 5.33. The fourth-order valence-electron chi connectivity index (χ4n) is 5.99. The van der Waals surface area contributed by atoms with Crippen LogP contribution in [0.15, 0.2) is 122 Å². The highest BCUT2D eigenvalue weighted by atomic mass is 16.5. The second kappa shape index (κ2) is 13.2.